The Bertz CT molecular complexity index is 757. The maximum atomic E-state index is 12.8. The Hall–Kier alpha value is -2.34. The number of allylic oxidation sites excluding steroid dienone is 2. The van der Waals surface area contributed by atoms with Crippen molar-refractivity contribution in [3.63, 3.8) is 0 Å². The molecule has 0 fully saturated rings. The molecule has 2 heterocycles. The number of ketones is 1. The summed E-state index contributed by atoms with van der Waals surface area (Å²) in [7, 11) is 0. The van der Waals surface area contributed by atoms with Crippen LogP contribution in [0.3, 0.4) is 0 Å². The molecule has 0 bridgehead atoms. The van der Waals surface area contributed by atoms with E-state index in [-0.39, 0.29) is 5.78 Å². The lowest BCUT2D eigenvalue weighted by Crippen LogP contribution is -2.34. The molecule has 0 amide bonds. The number of Topliss-reactive ketones (excluding diaryl/α,β-unsaturated/α-hetero) is 1. The number of halogens is 1. The van der Waals surface area contributed by atoms with Gasteiger partial charge in [-0.1, -0.05) is 12.2 Å². The number of hydrogen-bond acceptors (Lipinski definition) is 5. The Morgan fingerprint density at radius 1 is 1.43 bits per heavy atom. The van der Waals surface area contributed by atoms with Crippen LogP contribution in [0.5, 0.6) is 0 Å². The molecule has 6 nitrogen and oxygen atoms in total. The van der Waals surface area contributed by atoms with E-state index in [1.165, 1.54) is 17.3 Å². The lowest BCUT2D eigenvalue weighted by molar-refractivity contribution is -0.110. The van der Waals surface area contributed by atoms with Gasteiger partial charge in [0.15, 0.2) is 11.6 Å². The molecule has 0 spiro atoms. The molecule has 1 aliphatic rings. The molecule has 0 radical (unpaired) electrons. The molecule has 23 heavy (non-hydrogen) atoms. The fourth-order valence-corrected chi connectivity index (χ4v) is 3.17. The van der Waals surface area contributed by atoms with Crippen LogP contribution in [0.2, 0.25) is 0 Å². The average molecular weight is 331 g/mol. The smallest absolute Gasteiger partial charge is 0.170 e. The van der Waals surface area contributed by atoms with Crippen LogP contribution in [-0.2, 0) is 4.79 Å². The summed E-state index contributed by atoms with van der Waals surface area (Å²) in [4.78, 5) is 32.4. The van der Waals surface area contributed by atoms with Gasteiger partial charge in [0.2, 0.25) is 0 Å². The number of nitrogens with zero attached hydrogens (tertiary/aromatic N) is 4. The highest BCUT2D eigenvalue weighted by Gasteiger charge is 2.36. The average Bonchev–Trinajstić information content (AvgIpc) is 3.08. The minimum atomic E-state index is -0.558. The SMILES string of the molecule is Cc1nc(-n2cncn2)ccc1C(=O)C1C(C=O)C=CCC1Cl. The van der Waals surface area contributed by atoms with E-state index >= 15 is 0 Å². The van der Waals surface area contributed by atoms with E-state index in [4.69, 9.17) is 11.6 Å². The standard InChI is InChI=1S/C16H15ClN4O2/c1-10-12(5-6-14(20-10)21-9-18-8-19-21)16(23)15-11(7-22)3-2-4-13(15)17/h2-3,5-9,11,13,15H,4H2,1H3. The van der Waals surface area contributed by atoms with E-state index in [2.05, 4.69) is 15.1 Å². The Kier molecular flexibility index (Phi) is 4.34. The molecule has 0 saturated heterocycles. The van der Waals surface area contributed by atoms with Gasteiger partial charge in [-0.2, -0.15) is 5.10 Å². The summed E-state index contributed by atoms with van der Waals surface area (Å²) in [5, 5.41) is 3.62. The predicted octanol–water partition coefficient (Wildman–Crippen LogP) is 2.15. The van der Waals surface area contributed by atoms with Crippen molar-refractivity contribution in [1.82, 2.24) is 19.7 Å². The van der Waals surface area contributed by atoms with Crippen molar-refractivity contribution in [2.45, 2.75) is 18.7 Å². The third kappa shape index (κ3) is 2.94. The maximum absolute atomic E-state index is 12.8. The Labute approximate surface area is 138 Å². The van der Waals surface area contributed by atoms with Gasteiger partial charge in [0.05, 0.1) is 11.6 Å². The lowest BCUT2D eigenvalue weighted by Gasteiger charge is -2.27. The number of pyridine rings is 1. The second kappa shape index (κ2) is 6.42. The summed E-state index contributed by atoms with van der Waals surface area (Å²) in [5.41, 5.74) is 1.05. The van der Waals surface area contributed by atoms with Crippen LogP contribution in [0.15, 0.2) is 36.9 Å². The fraction of sp³-hybridized carbons (Fsp3) is 0.312. The van der Waals surface area contributed by atoms with Crippen LogP contribution in [0.25, 0.3) is 5.82 Å². The van der Waals surface area contributed by atoms with E-state index in [0.29, 0.717) is 23.5 Å². The zero-order valence-corrected chi connectivity index (χ0v) is 13.2. The largest absolute Gasteiger partial charge is 0.303 e. The normalized spacial score (nSPS) is 23.7. The van der Waals surface area contributed by atoms with Crippen LogP contribution < -0.4 is 0 Å². The molecule has 7 heteroatoms. The molecule has 2 aromatic rings. The molecule has 0 saturated carbocycles. The zero-order chi connectivity index (χ0) is 16.4. The van der Waals surface area contributed by atoms with Crippen LogP contribution >= 0.6 is 11.6 Å². The number of alkyl halides is 1. The molecule has 2 aromatic heterocycles. The molecule has 1 aliphatic carbocycles. The molecule has 0 aromatic carbocycles. The molecular formula is C16H15ClN4O2. The quantitative estimate of drug-likeness (QED) is 0.371. The molecule has 3 atom stereocenters. The van der Waals surface area contributed by atoms with Gasteiger partial charge in [-0.15, -0.1) is 11.6 Å². The number of rotatable bonds is 4. The molecule has 0 N–H and O–H groups in total. The first-order valence-corrected chi connectivity index (χ1v) is 7.68. The van der Waals surface area contributed by atoms with Crippen LogP contribution in [0.1, 0.15) is 22.5 Å². The second-order valence-corrected chi connectivity index (χ2v) is 5.99. The van der Waals surface area contributed by atoms with Crippen molar-refractivity contribution in [2.24, 2.45) is 11.8 Å². The van der Waals surface area contributed by atoms with Gasteiger partial charge in [0, 0.05) is 16.9 Å². The first-order valence-electron chi connectivity index (χ1n) is 7.24. The Morgan fingerprint density at radius 3 is 2.91 bits per heavy atom. The lowest BCUT2D eigenvalue weighted by atomic mass is 9.79. The number of carbonyl (C=O) groups is 2. The van der Waals surface area contributed by atoms with Crippen LogP contribution in [0, 0.1) is 18.8 Å². The fourth-order valence-electron chi connectivity index (χ4n) is 2.78. The summed E-state index contributed by atoms with van der Waals surface area (Å²) in [5.74, 6) is -0.624. The Balaban J connectivity index is 1.93. The molecule has 3 unspecified atom stereocenters. The van der Waals surface area contributed by atoms with Crippen LogP contribution in [0.4, 0.5) is 0 Å². The number of hydrogen-bond donors (Lipinski definition) is 0. The van der Waals surface area contributed by atoms with Gasteiger partial charge in [0.25, 0.3) is 0 Å². The minimum Gasteiger partial charge on any atom is -0.303 e. The highest BCUT2D eigenvalue weighted by atomic mass is 35.5. The van der Waals surface area contributed by atoms with Crippen molar-refractivity contribution in [2.75, 3.05) is 0 Å². The van der Waals surface area contributed by atoms with Crippen molar-refractivity contribution in [3.8, 4) is 5.82 Å². The number of aryl methyl sites for hydroxylation is 1. The van der Waals surface area contributed by atoms with Crippen molar-refractivity contribution in [3.05, 3.63) is 48.2 Å². The number of aromatic nitrogens is 4. The number of carbonyl (C=O) groups excluding carboxylic acids is 2. The van der Waals surface area contributed by atoms with Crippen molar-refractivity contribution < 1.29 is 9.59 Å². The first-order chi connectivity index (χ1) is 11.1. The van der Waals surface area contributed by atoms with Gasteiger partial charge in [-0.05, 0) is 25.5 Å². The Morgan fingerprint density at radius 2 is 2.26 bits per heavy atom. The van der Waals surface area contributed by atoms with Crippen LogP contribution in [-0.4, -0.2) is 37.2 Å². The summed E-state index contributed by atoms with van der Waals surface area (Å²) in [6.07, 6.45) is 7.90. The van der Waals surface area contributed by atoms with Gasteiger partial charge in [-0.3, -0.25) is 4.79 Å². The summed E-state index contributed by atoms with van der Waals surface area (Å²) < 4.78 is 1.52. The third-order valence-corrected chi connectivity index (χ3v) is 4.42. The second-order valence-electron chi connectivity index (χ2n) is 5.43. The van der Waals surface area contributed by atoms with Gasteiger partial charge in [0.1, 0.15) is 18.9 Å². The van der Waals surface area contributed by atoms with E-state index in [1.54, 1.807) is 25.1 Å². The highest BCUT2D eigenvalue weighted by Crippen LogP contribution is 2.31. The van der Waals surface area contributed by atoms with Crippen molar-refractivity contribution in [1.29, 1.82) is 0 Å². The van der Waals surface area contributed by atoms with E-state index in [0.717, 1.165) is 6.29 Å². The summed E-state index contributed by atoms with van der Waals surface area (Å²) >= 11 is 6.29. The third-order valence-electron chi connectivity index (χ3n) is 3.97. The highest BCUT2D eigenvalue weighted by molar-refractivity contribution is 6.23. The molecule has 0 aliphatic heterocycles. The maximum Gasteiger partial charge on any atom is 0.170 e. The number of aldehydes is 1. The zero-order valence-electron chi connectivity index (χ0n) is 12.5. The molecule has 3 rings (SSSR count). The topological polar surface area (TPSA) is 77.7 Å². The first kappa shape index (κ1) is 15.6. The van der Waals surface area contributed by atoms with Crippen molar-refractivity contribution >= 4 is 23.7 Å². The molecule has 118 valence electrons. The van der Waals surface area contributed by atoms with Gasteiger partial charge in [-0.25, -0.2) is 14.6 Å². The van der Waals surface area contributed by atoms with Gasteiger partial charge < -0.3 is 4.79 Å². The van der Waals surface area contributed by atoms with E-state index < -0.39 is 17.2 Å². The van der Waals surface area contributed by atoms with E-state index in [9.17, 15) is 9.59 Å². The summed E-state index contributed by atoms with van der Waals surface area (Å²) in [6, 6.07) is 3.40. The predicted molar refractivity (Wildman–Crippen MR) is 84.7 cm³/mol. The summed E-state index contributed by atoms with van der Waals surface area (Å²) in [6.45, 7) is 1.76. The minimum absolute atomic E-state index is 0.151. The van der Waals surface area contributed by atoms with Gasteiger partial charge >= 0.3 is 0 Å². The molecular weight excluding hydrogens is 316 g/mol. The van der Waals surface area contributed by atoms with E-state index in [1.807, 2.05) is 6.08 Å². The monoisotopic (exact) mass is 330 g/mol.